The van der Waals surface area contributed by atoms with Crippen molar-refractivity contribution in [3.8, 4) is 0 Å². The molecule has 0 spiro atoms. The summed E-state index contributed by atoms with van der Waals surface area (Å²) in [5.41, 5.74) is -1.02. The van der Waals surface area contributed by atoms with E-state index in [1.165, 1.54) is 23.2 Å². The number of nitrogens with zero attached hydrogens (tertiary/aromatic N) is 2. The Hall–Kier alpha value is -2.50. The molecular formula is C16H15F2N3O. The standard InChI is InChI=1S/C16H15F2N3O/c17-14-13(7-4-9-19-14)20-15(22)21-10-8-16(18,11-21)12-5-2-1-3-6-12/h1-7,9H,8,10-11H2,(H,20,22). The molecule has 22 heavy (non-hydrogen) atoms. The third-order valence-corrected chi connectivity index (χ3v) is 3.80. The number of nitrogens with one attached hydrogen (secondary N) is 1. The number of pyridine rings is 1. The van der Waals surface area contributed by atoms with Gasteiger partial charge in [0.15, 0.2) is 5.67 Å². The van der Waals surface area contributed by atoms with E-state index < -0.39 is 17.6 Å². The molecule has 0 saturated carbocycles. The summed E-state index contributed by atoms with van der Waals surface area (Å²) in [5.74, 6) is -0.760. The smallest absolute Gasteiger partial charge is 0.321 e. The Labute approximate surface area is 126 Å². The fourth-order valence-corrected chi connectivity index (χ4v) is 2.59. The third kappa shape index (κ3) is 2.77. The predicted molar refractivity (Wildman–Crippen MR) is 78.6 cm³/mol. The lowest BCUT2D eigenvalue weighted by Crippen LogP contribution is -2.35. The second-order valence-electron chi connectivity index (χ2n) is 5.27. The first-order valence-corrected chi connectivity index (χ1v) is 6.99. The van der Waals surface area contributed by atoms with E-state index in [9.17, 15) is 13.6 Å². The van der Waals surface area contributed by atoms with Crippen LogP contribution in [0, 0.1) is 5.95 Å². The maximum absolute atomic E-state index is 15.0. The highest BCUT2D eigenvalue weighted by Gasteiger charge is 2.41. The zero-order valence-corrected chi connectivity index (χ0v) is 11.8. The van der Waals surface area contributed by atoms with Crippen LogP contribution in [0.5, 0.6) is 0 Å². The van der Waals surface area contributed by atoms with Gasteiger partial charge in [0.25, 0.3) is 0 Å². The number of likely N-dealkylation sites (tertiary alicyclic amines) is 1. The topological polar surface area (TPSA) is 45.2 Å². The van der Waals surface area contributed by atoms with Crippen molar-refractivity contribution in [3.05, 3.63) is 60.2 Å². The van der Waals surface area contributed by atoms with Gasteiger partial charge < -0.3 is 10.2 Å². The summed E-state index contributed by atoms with van der Waals surface area (Å²) in [6, 6.07) is 11.2. The van der Waals surface area contributed by atoms with E-state index in [0.717, 1.165) is 0 Å². The van der Waals surface area contributed by atoms with E-state index in [1.807, 2.05) is 6.07 Å². The molecule has 1 N–H and O–H groups in total. The molecule has 0 aliphatic carbocycles. The maximum Gasteiger partial charge on any atom is 0.322 e. The molecule has 1 aliphatic heterocycles. The number of benzene rings is 1. The Morgan fingerprint density at radius 1 is 1.23 bits per heavy atom. The first-order chi connectivity index (χ1) is 10.6. The van der Waals surface area contributed by atoms with Crippen molar-refractivity contribution >= 4 is 11.7 Å². The molecule has 1 unspecified atom stereocenters. The van der Waals surface area contributed by atoms with E-state index in [0.29, 0.717) is 5.56 Å². The number of urea groups is 1. The highest BCUT2D eigenvalue weighted by atomic mass is 19.1. The van der Waals surface area contributed by atoms with Crippen molar-refractivity contribution in [2.45, 2.75) is 12.1 Å². The molecule has 0 bridgehead atoms. The van der Waals surface area contributed by atoms with E-state index in [4.69, 9.17) is 0 Å². The molecule has 1 aromatic carbocycles. The predicted octanol–water partition coefficient (Wildman–Crippen LogP) is 3.32. The van der Waals surface area contributed by atoms with E-state index >= 15 is 0 Å². The van der Waals surface area contributed by atoms with Crippen LogP contribution in [0.1, 0.15) is 12.0 Å². The van der Waals surface area contributed by atoms with Crippen molar-refractivity contribution in [3.63, 3.8) is 0 Å². The molecular weight excluding hydrogens is 288 g/mol. The van der Waals surface area contributed by atoms with Crippen LogP contribution in [-0.2, 0) is 5.67 Å². The molecule has 1 fully saturated rings. The Bertz CT molecular complexity index is 680. The van der Waals surface area contributed by atoms with Crippen LogP contribution in [0.25, 0.3) is 0 Å². The summed E-state index contributed by atoms with van der Waals surface area (Å²) in [5, 5.41) is 2.42. The van der Waals surface area contributed by atoms with Gasteiger partial charge in [0.2, 0.25) is 5.95 Å². The monoisotopic (exact) mass is 303 g/mol. The summed E-state index contributed by atoms with van der Waals surface area (Å²) in [6.07, 6.45) is 1.52. The number of amides is 2. The van der Waals surface area contributed by atoms with Gasteiger partial charge in [0.05, 0.1) is 12.2 Å². The number of carbonyl (C=O) groups is 1. The number of halogens is 2. The zero-order valence-electron chi connectivity index (χ0n) is 11.8. The maximum atomic E-state index is 15.0. The van der Waals surface area contributed by atoms with Crippen LogP contribution in [-0.4, -0.2) is 29.0 Å². The van der Waals surface area contributed by atoms with Crippen molar-refractivity contribution in [1.29, 1.82) is 0 Å². The van der Waals surface area contributed by atoms with Crippen molar-refractivity contribution in [2.75, 3.05) is 18.4 Å². The van der Waals surface area contributed by atoms with E-state index in [-0.39, 0.29) is 25.2 Å². The van der Waals surface area contributed by atoms with Gasteiger partial charge in [-0.2, -0.15) is 4.39 Å². The van der Waals surface area contributed by atoms with Crippen molar-refractivity contribution in [1.82, 2.24) is 9.88 Å². The molecule has 0 radical (unpaired) electrons. The summed E-state index contributed by atoms with van der Waals surface area (Å²) < 4.78 is 28.4. The summed E-state index contributed by atoms with van der Waals surface area (Å²) in [7, 11) is 0. The second-order valence-corrected chi connectivity index (χ2v) is 5.27. The lowest BCUT2D eigenvalue weighted by Gasteiger charge is -2.21. The lowest BCUT2D eigenvalue weighted by atomic mass is 9.95. The number of carbonyl (C=O) groups excluding carboxylic acids is 1. The summed E-state index contributed by atoms with van der Waals surface area (Å²) in [6.45, 7) is 0.226. The minimum Gasteiger partial charge on any atom is -0.321 e. The van der Waals surface area contributed by atoms with Crippen LogP contribution in [0.2, 0.25) is 0 Å². The van der Waals surface area contributed by atoms with Crippen molar-refractivity contribution < 1.29 is 13.6 Å². The summed E-state index contributed by atoms with van der Waals surface area (Å²) in [4.78, 5) is 16.9. The Morgan fingerprint density at radius 2 is 2.00 bits per heavy atom. The Morgan fingerprint density at radius 3 is 2.73 bits per heavy atom. The molecule has 3 rings (SSSR count). The molecule has 1 aliphatic rings. The number of alkyl halides is 1. The van der Waals surface area contributed by atoms with Gasteiger partial charge in [-0.25, -0.2) is 14.2 Å². The van der Waals surface area contributed by atoms with Crippen LogP contribution in [0.4, 0.5) is 19.3 Å². The molecule has 1 aromatic heterocycles. The SMILES string of the molecule is O=C(Nc1cccnc1F)N1CCC(F)(c2ccccc2)C1. The molecule has 6 heteroatoms. The second kappa shape index (κ2) is 5.71. The minimum atomic E-state index is -1.56. The highest BCUT2D eigenvalue weighted by molar-refractivity contribution is 5.89. The van der Waals surface area contributed by atoms with Crippen LogP contribution in [0.3, 0.4) is 0 Å². The van der Waals surface area contributed by atoms with Crippen LogP contribution >= 0.6 is 0 Å². The van der Waals surface area contributed by atoms with Gasteiger partial charge >= 0.3 is 6.03 Å². The molecule has 1 atom stereocenters. The first kappa shape index (κ1) is 14.4. The Balaban J connectivity index is 1.70. The molecule has 2 aromatic rings. The van der Waals surface area contributed by atoms with Gasteiger partial charge in [0, 0.05) is 19.2 Å². The normalized spacial score (nSPS) is 20.9. The molecule has 2 amide bonds. The fraction of sp³-hybridized carbons (Fsp3) is 0.250. The largest absolute Gasteiger partial charge is 0.322 e. The average molecular weight is 303 g/mol. The quantitative estimate of drug-likeness (QED) is 0.865. The number of hydrogen-bond donors (Lipinski definition) is 1. The fourth-order valence-electron chi connectivity index (χ4n) is 2.59. The number of aromatic nitrogens is 1. The number of anilines is 1. The van der Waals surface area contributed by atoms with Gasteiger partial charge in [-0.3, -0.25) is 0 Å². The average Bonchev–Trinajstić information content (AvgIpc) is 2.94. The molecule has 1 saturated heterocycles. The summed E-state index contributed by atoms with van der Waals surface area (Å²) >= 11 is 0. The van der Waals surface area contributed by atoms with Gasteiger partial charge in [-0.15, -0.1) is 0 Å². The lowest BCUT2D eigenvalue weighted by molar-refractivity contribution is 0.169. The van der Waals surface area contributed by atoms with E-state index in [2.05, 4.69) is 10.3 Å². The van der Waals surface area contributed by atoms with Crippen LogP contribution < -0.4 is 5.32 Å². The molecule has 2 heterocycles. The zero-order chi connectivity index (χ0) is 15.6. The highest BCUT2D eigenvalue weighted by Crippen LogP contribution is 2.36. The van der Waals surface area contributed by atoms with Gasteiger partial charge in [-0.1, -0.05) is 30.3 Å². The molecule has 4 nitrogen and oxygen atoms in total. The van der Waals surface area contributed by atoms with Gasteiger partial charge in [-0.05, 0) is 17.7 Å². The van der Waals surface area contributed by atoms with Crippen LogP contribution in [0.15, 0.2) is 48.7 Å². The third-order valence-electron chi connectivity index (χ3n) is 3.80. The minimum absolute atomic E-state index is 0.0106. The van der Waals surface area contributed by atoms with Gasteiger partial charge in [0.1, 0.15) is 0 Å². The number of hydrogen-bond acceptors (Lipinski definition) is 2. The molecule has 114 valence electrons. The van der Waals surface area contributed by atoms with E-state index in [1.54, 1.807) is 24.3 Å². The Kier molecular flexibility index (Phi) is 3.75. The van der Waals surface area contributed by atoms with Crippen molar-refractivity contribution in [2.24, 2.45) is 0 Å². The number of rotatable bonds is 2. The first-order valence-electron chi connectivity index (χ1n) is 6.99.